The molecule has 2 aromatic carbocycles. The zero-order chi connectivity index (χ0) is 21.7. The van der Waals surface area contributed by atoms with Crippen molar-refractivity contribution in [1.82, 2.24) is 0 Å². The van der Waals surface area contributed by atoms with E-state index in [1.54, 1.807) is 6.92 Å². The fourth-order valence-corrected chi connectivity index (χ4v) is 2.47. The second kappa shape index (κ2) is 8.86. The third-order valence-electron chi connectivity index (χ3n) is 3.84. The molecule has 0 bridgehead atoms. The van der Waals surface area contributed by atoms with Gasteiger partial charge in [0.25, 0.3) is 5.69 Å². The second-order valence-electron chi connectivity index (χ2n) is 5.88. The van der Waals surface area contributed by atoms with Crippen LogP contribution in [0.3, 0.4) is 0 Å². The van der Waals surface area contributed by atoms with Crippen molar-refractivity contribution in [2.24, 2.45) is 0 Å². The molecule has 10 heteroatoms. The third kappa shape index (κ3) is 4.79. The van der Waals surface area contributed by atoms with Crippen LogP contribution in [0.1, 0.15) is 17.3 Å². The van der Waals surface area contributed by atoms with E-state index < -0.39 is 29.1 Å². The second-order valence-corrected chi connectivity index (χ2v) is 5.88. The molecule has 0 saturated heterocycles. The SMILES string of the molecule is CCOC(=O)c1cc2ccc(OC(=O)COc3ccc([N+](=O)[O-])cc3)cc2oc1=O. The van der Waals surface area contributed by atoms with E-state index in [0.29, 0.717) is 5.39 Å². The lowest BCUT2D eigenvalue weighted by Gasteiger charge is -2.07. The van der Waals surface area contributed by atoms with E-state index >= 15 is 0 Å². The van der Waals surface area contributed by atoms with E-state index in [-0.39, 0.29) is 34.9 Å². The van der Waals surface area contributed by atoms with Gasteiger partial charge in [-0.05, 0) is 37.3 Å². The number of esters is 2. The Bertz CT molecular complexity index is 1170. The molecule has 0 atom stereocenters. The summed E-state index contributed by atoms with van der Waals surface area (Å²) in [5, 5.41) is 11.1. The molecule has 0 amide bonds. The van der Waals surface area contributed by atoms with Gasteiger partial charge >= 0.3 is 17.6 Å². The first-order chi connectivity index (χ1) is 14.4. The van der Waals surface area contributed by atoms with Crippen molar-refractivity contribution >= 4 is 28.6 Å². The van der Waals surface area contributed by atoms with E-state index in [1.807, 2.05) is 0 Å². The first-order valence-electron chi connectivity index (χ1n) is 8.70. The number of rotatable bonds is 7. The van der Waals surface area contributed by atoms with Crippen molar-refractivity contribution in [3.05, 3.63) is 74.6 Å². The molecule has 10 nitrogen and oxygen atoms in total. The zero-order valence-electron chi connectivity index (χ0n) is 15.7. The minimum absolute atomic E-state index is 0.103. The molecule has 0 radical (unpaired) electrons. The van der Waals surface area contributed by atoms with Gasteiger partial charge in [-0.25, -0.2) is 14.4 Å². The number of hydrogen-bond acceptors (Lipinski definition) is 9. The smallest absolute Gasteiger partial charge is 0.351 e. The summed E-state index contributed by atoms with van der Waals surface area (Å²) in [4.78, 5) is 45.8. The van der Waals surface area contributed by atoms with Crippen LogP contribution in [0.25, 0.3) is 11.0 Å². The van der Waals surface area contributed by atoms with Crippen LogP contribution in [0.15, 0.2) is 57.7 Å². The Kier molecular flexibility index (Phi) is 6.06. The molecule has 0 aliphatic heterocycles. The lowest BCUT2D eigenvalue weighted by atomic mass is 10.2. The maximum Gasteiger partial charge on any atom is 0.351 e. The Balaban J connectivity index is 1.67. The Morgan fingerprint density at radius 1 is 1.07 bits per heavy atom. The van der Waals surface area contributed by atoms with Crippen molar-refractivity contribution in [2.45, 2.75) is 6.92 Å². The highest BCUT2D eigenvalue weighted by Gasteiger charge is 2.16. The fourth-order valence-electron chi connectivity index (χ4n) is 2.47. The number of benzene rings is 2. The highest BCUT2D eigenvalue weighted by atomic mass is 16.6. The maximum atomic E-state index is 12.0. The zero-order valence-corrected chi connectivity index (χ0v) is 15.7. The lowest BCUT2D eigenvalue weighted by Crippen LogP contribution is -2.18. The predicted octanol–water partition coefficient (Wildman–Crippen LogP) is 2.86. The molecule has 0 fully saturated rings. The summed E-state index contributed by atoms with van der Waals surface area (Å²) >= 11 is 0. The van der Waals surface area contributed by atoms with Gasteiger partial charge in [-0.1, -0.05) is 0 Å². The Morgan fingerprint density at radius 3 is 2.43 bits per heavy atom. The predicted molar refractivity (Wildman–Crippen MR) is 103 cm³/mol. The van der Waals surface area contributed by atoms with Crippen molar-refractivity contribution in [3.8, 4) is 11.5 Å². The Hall–Kier alpha value is -4.21. The topological polar surface area (TPSA) is 135 Å². The molecule has 1 aromatic heterocycles. The molecule has 0 aliphatic carbocycles. The number of fused-ring (bicyclic) bond motifs is 1. The van der Waals surface area contributed by atoms with Gasteiger partial charge in [0.15, 0.2) is 6.61 Å². The highest BCUT2D eigenvalue weighted by Crippen LogP contribution is 2.21. The van der Waals surface area contributed by atoms with Gasteiger partial charge in [0.2, 0.25) is 0 Å². The van der Waals surface area contributed by atoms with Crippen molar-refractivity contribution in [1.29, 1.82) is 0 Å². The van der Waals surface area contributed by atoms with Crippen molar-refractivity contribution in [2.75, 3.05) is 13.2 Å². The van der Waals surface area contributed by atoms with E-state index in [4.69, 9.17) is 18.6 Å². The van der Waals surface area contributed by atoms with Crippen molar-refractivity contribution in [3.63, 3.8) is 0 Å². The molecular weight excluding hydrogens is 398 g/mol. The number of hydrogen-bond donors (Lipinski definition) is 0. The molecule has 0 saturated carbocycles. The van der Waals surface area contributed by atoms with Crippen LogP contribution in [0, 0.1) is 10.1 Å². The monoisotopic (exact) mass is 413 g/mol. The van der Waals surface area contributed by atoms with E-state index in [0.717, 1.165) is 0 Å². The average molecular weight is 413 g/mol. The molecule has 1 heterocycles. The van der Waals surface area contributed by atoms with Gasteiger partial charge in [-0.2, -0.15) is 0 Å². The van der Waals surface area contributed by atoms with Gasteiger partial charge in [-0.3, -0.25) is 10.1 Å². The molecular formula is C20H15NO9. The van der Waals surface area contributed by atoms with Crippen LogP contribution < -0.4 is 15.1 Å². The average Bonchev–Trinajstić information content (AvgIpc) is 2.72. The number of non-ortho nitro benzene ring substituents is 1. The summed E-state index contributed by atoms with van der Waals surface area (Å²) < 4.78 is 20.3. The molecule has 3 rings (SSSR count). The standard InChI is InChI=1S/C20H15NO9/c1-2-27-19(23)16-9-12-3-6-15(10-17(12)30-20(16)24)29-18(22)11-28-14-7-4-13(5-8-14)21(25)26/h3-10H,2,11H2,1H3. The fraction of sp³-hybridized carbons (Fsp3) is 0.150. The van der Waals surface area contributed by atoms with Crippen LogP contribution in [-0.2, 0) is 9.53 Å². The molecule has 154 valence electrons. The number of nitro benzene ring substituents is 1. The Labute approximate surface area is 168 Å². The summed E-state index contributed by atoms with van der Waals surface area (Å²) in [6, 6.07) is 10.8. The van der Waals surface area contributed by atoms with Gasteiger partial charge in [-0.15, -0.1) is 0 Å². The largest absolute Gasteiger partial charge is 0.482 e. The first-order valence-corrected chi connectivity index (χ1v) is 8.70. The molecule has 0 spiro atoms. The highest BCUT2D eigenvalue weighted by molar-refractivity contribution is 5.93. The van der Waals surface area contributed by atoms with Crippen LogP contribution in [0.5, 0.6) is 11.5 Å². The van der Waals surface area contributed by atoms with E-state index in [2.05, 4.69) is 0 Å². The first kappa shape index (κ1) is 20.5. The maximum absolute atomic E-state index is 12.0. The lowest BCUT2D eigenvalue weighted by molar-refractivity contribution is -0.384. The molecule has 0 unspecified atom stereocenters. The quantitative estimate of drug-likeness (QED) is 0.188. The summed E-state index contributed by atoms with van der Waals surface area (Å²) in [7, 11) is 0. The van der Waals surface area contributed by atoms with Crippen molar-refractivity contribution < 1.29 is 33.1 Å². The molecule has 0 aliphatic rings. The molecule has 3 aromatic rings. The Morgan fingerprint density at radius 2 is 1.77 bits per heavy atom. The minimum atomic E-state index is -0.870. The van der Waals surface area contributed by atoms with Gasteiger partial charge in [0.1, 0.15) is 22.6 Å². The number of carbonyl (C=O) groups is 2. The van der Waals surface area contributed by atoms with E-state index in [1.165, 1.54) is 48.5 Å². The number of nitro groups is 1. The number of ether oxygens (including phenoxy) is 3. The summed E-state index contributed by atoms with van der Waals surface area (Å²) in [6.07, 6.45) is 0. The third-order valence-corrected chi connectivity index (χ3v) is 3.84. The van der Waals surface area contributed by atoms with E-state index in [9.17, 15) is 24.5 Å². The number of nitrogens with zero attached hydrogens (tertiary/aromatic N) is 1. The molecule has 30 heavy (non-hydrogen) atoms. The summed E-state index contributed by atoms with van der Waals surface area (Å²) in [5.74, 6) is -1.16. The van der Waals surface area contributed by atoms with Crippen LogP contribution >= 0.6 is 0 Å². The van der Waals surface area contributed by atoms with Crippen LogP contribution in [-0.4, -0.2) is 30.1 Å². The van der Waals surface area contributed by atoms with Crippen LogP contribution in [0.2, 0.25) is 0 Å². The normalized spacial score (nSPS) is 10.4. The number of carbonyl (C=O) groups excluding carboxylic acids is 2. The van der Waals surface area contributed by atoms with Gasteiger partial charge in [0.05, 0.1) is 11.5 Å². The molecule has 0 N–H and O–H groups in total. The van der Waals surface area contributed by atoms with Crippen LogP contribution in [0.4, 0.5) is 5.69 Å². The van der Waals surface area contributed by atoms with Gasteiger partial charge in [0, 0.05) is 23.6 Å². The minimum Gasteiger partial charge on any atom is -0.482 e. The summed E-state index contributed by atoms with van der Waals surface area (Å²) in [6.45, 7) is 1.29. The van der Waals surface area contributed by atoms with Gasteiger partial charge < -0.3 is 18.6 Å². The summed E-state index contributed by atoms with van der Waals surface area (Å²) in [5.41, 5.74) is -1.08.